The molecule has 1 amide bonds. The number of hydrogen-bond donors (Lipinski definition) is 1. The molecule has 0 bridgehead atoms. The van der Waals surface area contributed by atoms with Crippen molar-refractivity contribution >= 4 is 43.9 Å². The van der Waals surface area contributed by atoms with E-state index in [2.05, 4.69) is 15.3 Å². The number of nitrogens with zero attached hydrogens (tertiary/aromatic N) is 2. The second-order valence-corrected chi connectivity index (χ2v) is 7.63. The van der Waals surface area contributed by atoms with Crippen molar-refractivity contribution in [3.63, 3.8) is 0 Å². The van der Waals surface area contributed by atoms with Crippen LogP contribution in [0.3, 0.4) is 0 Å². The van der Waals surface area contributed by atoms with Crippen LogP contribution >= 0.6 is 22.7 Å². The predicted molar refractivity (Wildman–Crippen MR) is 106 cm³/mol. The van der Waals surface area contributed by atoms with Crippen LogP contribution in [0.2, 0.25) is 0 Å². The quantitative estimate of drug-likeness (QED) is 0.555. The van der Waals surface area contributed by atoms with E-state index in [1.54, 1.807) is 11.6 Å². The predicted octanol–water partition coefficient (Wildman–Crippen LogP) is 4.44. The lowest BCUT2D eigenvalue weighted by Gasteiger charge is -2.18. The van der Waals surface area contributed by atoms with E-state index in [0.717, 1.165) is 33.0 Å². The molecule has 5 rings (SSSR count). The maximum Gasteiger partial charge on any atom is 0.257 e. The lowest BCUT2D eigenvalue weighted by molar-refractivity contribution is 0.102. The highest BCUT2D eigenvalue weighted by molar-refractivity contribution is 7.16. The van der Waals surface area contributed by atoms with Gasteiger partial charge in [-0.25, -0.2) is 9.97 Å². The molecular weight excluding hydrogens is 382 g/mol. The Balaban J connectivity index is 1.36. The number of anilines is 1. The summed E-state index contributed by atoms with van der Waals surface area (Å²) >= 11 is 2.90. The lowest BCUT2D eigenvalue weighted by atomic mass is 10.1. The van der Waals surface area contributed by atoms with Gasteiger partial charge in [-0.15, -0.1) is 22.7 Å². The smallest absolute Gasteiger partial charge is 0.257 e. The molecule has 4 aromatic rings. The number of ether oxygens (including phenoxy) is 2. The van der Waals surface area contributed by atoms with Gasteiger partial charge in [0.15, 0.2) is 16.6 Å². The number of fused-ring (bicyclic) bond motifs is 2. The van der Waals surface area contributed by atoms with E-state index in [9.17, 15) is 4.79 Å². The standard InChI is InChI=1S/C19H13N3O3S2/c23-18(12-1-3-13-17(8-12)27-10-20-13)22-19-21-14(9-26-19)11-2-4-15-16(7-11)25-6-5-24-15/h1-4,7-10H,5-6H2,(H,21,22,23). The molecule has 0 fully saturated rings. The molecule has 2 aromatic heterocycles. The van der Waals surface area contributed by atoms with Gasteiger partial charge in [0.1, 0.15) is 13.2 Å². The van der Waals surface area contributed by atoms with Crippen molar-refractivity contribution in [3.05, 3.63) is 52.9 Å². The van der Waals surface area contributed by atoms with Crippen LogP contribution in [0.25, 0.3) is 21.5 Å². The van der Waals surface area contributed by atoms with Crippen molar-refractivity contribution in [1.82, 2.24) is 9.97 Å². The zero-order chi connectivity index (χ0) is 18.2. The molecule has 0 unspecified atom stereocenters. The summed E-state index contributed by atoms with van der Waals surface area (Å²) in [7, 11) is 0. The van der Waals surface area contributed by atoms with Gasteiger partial charge in [-0.1, -0.05) is 0 Å². The number of rotatable bonds is 3. The van der Waals surface area contributed by atoms with Crippen molar-refractivity contribution in [3.8, 4) is 22.8 Å². The molecule has 27 heavy (non-hydrogen) atoms. The topological polar surface area (TPSA) is 73.3 Å². The van der Waals surface area contributed by atoms with Crippen molar-refractivity contribution in [1.29, 1.82) is 0 Å². The number of benzene rings is 2. The number of amides is 1. The van der Waals surface area contributed by atoms with Gasteiger partial charge in [-0.2, -0.15) is 0 Å². The van der Waals surface area contributed by atoms with E-state index >= 15 is 0 Å². The van der Waals surface area contributed by atoms with E-state index in [4.69, 9.17) is 9.47 Å². The Hall–Kier alpha value is -2.97. The third-order valence-electron chi connectivity index (χ3n) is 4.16. The molecule has 6 nitrogen and oxygen atoms in total. The van der Waals surface area contributed by atoms with E-state index < -0.39 is 0 Å². The second-order valence-electron chi connectivity index (χ2n) is 5.89. The van der Waals surface area contributed by atoms with Crippen LogP contribution in [0.15, 0.2) is 47.3 Å². The highest BCUT2D eigenvalue weighted by Gasteiger charge is 2.15. The summed E-state index contributed by atoms with van der Waals surface area (Å²) in [6.07, 6.45) is 0. The molecule has 134 valence electrons. The average molecular weight is 395 g/mol. The summed E-state index contributed by atoms with van der Waals surface area (Å²) in [5.41, 5.74) is 4.95. The van der Waals surface area contributed by atoms with Crippen LogP contribution in [0.5, 0.6) is 11.5 Å². The zero-order valence-corrected chi connectivity index (χ0v) is 15.6. The first-order valence-electron chi connectivity index (χ1n) is 8.26. The van der Waals surface area contributed by atoms with Gasteiger partial charge < -0.3 is 9.47 Å². The van der Waals surface area contributed by atoms with Gasteiger partial charge >= 0.3 is 0 Å². The van der Waals surface area contributed by atoms with Crippen LogP contribution in [-0.4, -0.2) is 29.1 Å². The SMILES string of the molecule is O=C(Nc1nc(-c2ccc3c(c2)OCCO3)cs1)c1ccc2ncsc2c1. The van der Waals surface area contributed by atoms with Crippen molar-refractivity contribution in [2.45, 2.75) is 0 Å². The van der Waals surface area contributed by atoms with Crippen LogP contribution < -0.4 is 14.8 Å². The van der Waals surface area contributed by atoms with Gasteiger partial charge in [0.25, 0.3) is 5.91 Å². The van der Waals surface area contributed by atoms with Crippen molar-refractivity contribution < 1.29 is 14.3 Å². The molecule has 0 spiro atoms. The Morgan fingerprint density at radius 2 is 1.93 bits per heavy atom. The number of carbonyl (C=O) groups is 1. The third kappa shape index (κ3) is 3.13. The first kappa shape index (κ1) is 16.2. The van der Waals surface area contributed by atoms with Gasteiger partial charge in [0.05, 0.1) is 21.4 Å². The maximum absolute atomic E-state index is 12.5. The van der Waals surface area contributed by atoms with E-state index in [1.165, 1.54) is 22.7 Å². The normalized spacial score (nSPS) is 12.9. The molecule has 0 saturated carbocycles. The van der Waals surface area contributed by atoms with Gasteiger partial charge in [-0.3, -0.25) is 10.1 Å². The number of aromatic nitrogens is 2. The number of nitrogens with one attached hydrogen (secondary N) is 1. The van der Waals surface area contributed by atoms with Gasteiger partial charge in [-0.05, 0) is 36.4 Å². The maximum atomic E-state index is 12.5. The molecule has 0 aliphatic carbocycles. The summed E-state index contributed by atoms with van der Waals surface area (Å²) < 4.78 is 12.1. The fourth-order valence-corrected chi connectivity index (χ4v) is 4.26. The Labute approximate surface area is 162 Å². The van der Waals surface area contributed by atoms with E-state index in [1.807, 2.05) is 35.7 Å². The number of thiazole rings is 2. The Morgan fingerprint density at radius 3 is 2.85 bits per heavy atom. The van der Waals surface area contributed by atoms with Crippen LogP contribution in [0, 0.1) is 0 Å². The lowest BCUT2D eigenvalue weighted by Crippen LogP contribution is -2.15. The first-order valence-corrected chi connectivity index (χ1v) is 10.0. The fraction of sp³-hybridized carbons (Fsp3) is 0.105. The highest BCUT2D eigenvalue weighted by Crippen LogP contribution is 2.35. The highest BCUT2D eigenvalue weighted by atomic mass is 32.1. The minimum Gasteiger partial charge on any atom is -0.486 e. The molecule has 8 heteroatoms. The molecule has 0 atom stereocenters. The van der Waals surface area contributed by atoms with Crippen LogP contribution in [-0.2, 0) is 0 Å². The molecule has 1 aliphatic rings. The van der Waals surface area contributed by atoms with Crippen molar-refractivity contribution in [2.75, 3.05) is 18.5 Å². The third-order valence-corrected chi connectivity index (χ3v) is 5.71. The summed E-state index contributed by atoms with van der Waals surface area (Å²) in [4.78, 5) is 21.3. The minimum atomic E-state index is -0.187. The van der Waals surface area contributed by atoms with E-state index in [-0.39, 0.29) is 5.91 Å². The van der Waals surface area contributed by atoms with Crippen LogP contribution in [0.1, 0.15) is 10.4 Å². The molecule has 2 aromatic carbocycles. The van der Waals surface area contributed by atoms with Crippen molar-refractivity contribution in [2.24, 2.45) is 0 Å². The zero-order valence-electron chi connectivity index (χ0n) is 14.0. The molecule has 3 heterocycles. The molecule has 1 N–H and O–H groups in total. The second kappa shape index (κ2) is 6.64. The fourth-order valence-electron chi connectivity index (χ4n) is 2.83. The van der Waals surface area contributed by atoms with Gasteiger partial charge in [0.2, 0.25) is 0 Å². The summed E-state index contributed by atoms with van der Waals surface area (Å²) in [5.74, 6) is 1.27. The average Bonchev–Trinajstić information content (AvgIpc) is 3.36. The monoisotopic (exact) mass is 395 g/mol. The number of hydrogen-bond acceptors (Lipinski definition) is 7. The molecule has 0 radical (unpaired) electrons. The van der Waals surface area contributed by atoms with E-state index in [0.29, 0.717) is 23.9 Å². The summed E-state index contributed by atoms with van der Waals surface area (Å²) in [6.45, 7) is 1.10. The van der Waals surface area contributed by atoms with Gasteiger partial charge in [0, 0.05) is 16.5 Å². The Kier molecular flexibility index (Phi) is 3.99. The largest absolute Gasteiger partial charge is 0.486 e. The Morgan fingerprint density at radius 1 is 1.04 bits per heavy atom. The Bertz CT molecular complexity index is 1150. The molecule has 0 saturated heterocycles. The van der Waals surface area contributed by atoms with Crippen LogP contribution in [0.4, 0.5) is 5.13 Å². The summed E-state index contributed by atoms with van der Waals surface area (Å²) in [6, 6.07) is 11.2. The molecule has 1 aliphatic heterocycles. The summed E-state index contributed by atoms with van der Waals surface area (Å²) in [5, 5.41) is 5.32. The number of carbonyl (C=O) groups excluding carboxylic acids is 1. The molecular formula is C19H13N3O3S2. The minimum absolute atomic E-state index is 0.187. The first-order chi connectivity index (χ1) is 13.3.